The van der Waals surface area contributed by atoms with Gasteiger partial charge in [-0.25, -0.2) is 0 Å². The Kier molecular flexibility index (Phi) is 4.33. The Bertz CT molecular complexity index is 253. The lowest BCUT2D eigenvalue weighted by Gasteiger charge is -2.40. The molecule has 0 aromatic heterocycles. The third-order valence-corrected chi connectivity index (χ3v) is 3.65. The topological polar surface area (TPSA) is 49.6 Å². The van der Waals surface area contributed by atoms with Crippen LogP contribution in [0.1, 0.15) is 33.6 Å². The van der Waals surface area contributed by atoms with Gasteiger partial charge in [-0.15, -0.1) is 0 Å². The highest BCUT2D eigenvalue weighted by Crippen LogP contribution is 2.27. The van der Waals surface area contributed by atoms with Crippen molar-refractivity contribution in [3.8, 4) is 0 Å². The largest absolute Gasteiger partial charge is 0.344 e. The van der Waals surface area contributed by atoms with Crippen LogP contribution in [0.3, 0.4) is 0 Å². The van der Waals surface area contributed by atoms with Crippen LogP contribution in [-0.2, 0) is 4.79 Å². The van der Waals surface area contributed by atoms with Gasteiger partial charge in [0, 0.05) is 19.1 Å². The first-order valence-electron chi connectivity index (χ1n) is 6.16. The van der Waals surface area contributed by atoms with Crippen LogP contribution in [0.4, 0.5) is 0 Å². The number of carbonyl (C=O) groups excluding carboxylic acids is 1. The van der Waals surface area contributed by atoms with E-state index in [9.17, 15) is 4.79 Å². The summed E-state index contributed by atoms with van der Waals surface area (Å²) in [6.07, 6.45) is 1.77. The smallest absolute Gasteiger partial charge is 0.239 e. The summed E-state index contributed by atoms with van der Waals surface area (Å²) < 4.78 is 0. The summed E-state index contributed by atoms with van der Waals surface area (Å²) >= 11 is 0. The molecule has 0 aliphatic carbocycles. The van der Waals surface area contributed by atoms with Crippen LogP contribution in [0.2, 0.25) is 0 Å². The lowest BCUT2D eigenvalue weighted by Crippen LogP contribution is -2.53. The maximum atomic E-state index is 12.2. The Morgan fingerprint density at radius 3 is 2.62 bits per heavy atom. The summed E-state index contributed by atoms with van der Waals surface area (Å²) in [5.41, 5.74) is 5.70. The molecule has 1 aliphatic heterocycles. The fourth-order valence-corrected chi connectivity index (χ4v) is 2.59. The predicted octanol–water partition coefficient (Wildman–Crippen LogP) is 0.666. The molecule has 0 spiro atoms. The molecule has 4 nitrogen and oxygen atoms in total. The quantitative estimate of drug-likeness (QED) is 0.771. The van der Waals surface area contributed by atoms with E-state index in [-0.39, 0.29) is 17.5 Å². The summed E-state index contributed by atoms with van der Waals surface area (Å²) in [6, 6.07) is -0.0440. The van der Waals surface area contributed by atoms with Crippen LogP contribution in [0.25, 0.3) is 0 Å². The van der Waals surface area contributed by atoms with Crippen molar-refractivity contribution in [3.63, 3.8) is 0 Å². The van der Waals surface area contributed by atoms with Gasteiger partial charge in [0.25, 0.3) is 0 Å². The molecule has 1 rings (SSSR count). The number of hydrogen-bond acceptors (Lipinski definition) is 3. The first kappa shape index (κ1) is 13.5. The van der Waals surface area contributed by atoms with Crippen LogP contribution in [-0.4, -0.2) is 54.0 Å². The molecule has 1 fully saturated rings. The van der Waals surface area contributed by atoms with Gasteiger partial charge in [0.1, 0.15) is 0 Å². The van der Waals surface area contributed by atoms with Gasteiger partial charge in [-0.1, -0.05) is 6.92 Å². The Morgan fingerprint density at radius 1 is 1.50 bits per heavy atom. The zero-order chi connectivity index (χ0) is 12.3. The van der Waals surface area contributed by atoms with Gasteiger partial charge >= 0.3 is 0 Å². The molecular formula is C12H25N3O. The predicted molar refractivity (Wildman–Crippen MR) is 66.2 cm³/mol. The van der Waals surface area contributed by atoms with E-state index in [4.69, 9.17) is 5.73 Å². The van der Waals surface area contributed by atoms with Gasteiger partial charge < -0.3 is 10.6 Å². The number of hydrogen-bond donors (Lipinski definition) is 1. The minimum atomic E-state index is -0.0440. The highest BCUT2D eigenvalue weighted by atomic mass is 16.2. The SMILES string of the molecule is CCN1C(CCN)C(=O)N(C)CCC1(C)C. The van der Waals surface area contributed by atoms with Crippen molar-refractivity contribution < 1.29 is 4.79 Å². The molecule has 2 N–H and O–H groups in total. The third-order valence-electron chi connectivity index (χ3n) is 3.65. The van der Waals surface area contributed by atoms with E-state index in [1.54, 1.807) is 0 Å². The van der Waals surface area contributed by atoms with Crippen molar-refractivity contribution in [3.05, 3.63) is 0 Å². The molecule has 0 bridgehead atoms. The van der Waals surface area contributed by atoms with Crippen LogP contribution < -0.4 is 5.73 Å². The molecule has 0 aromatic rings. The van der Waals surface area contributed by atoms with Crippen LogP contribution in [0.5, 0.6) is 0 Å². The number of carbonyl (C=O) groups is 1. The van der Waals surface area contributed by atoms with Crippen LogP contribution in [0.15, 0.2) is 0 Å². The first-order valence-corrected chi connectivity index (χ1v) is 6.16. The van der Waals surface area contributed by atoms with E-state index in [0.717, 1.165) is 25.9 Å². The van der Waals surface area contributed by atoms with Crippen LogP contribution in [0, 0.1) is 0 Å². The molecule has 1 unspecified atom stereocenters. The second-order valence-corrected chi connectivity index (χ2v) is 5.20. The van der Waals surface area contributed by atoms with E-state index in [1.165, 1.54) is 0 Å². The van der Waals surface area contributed by atoms with Gasteiger partial charge in [0.2, 0.25) is 5.91 Å². The molecule has 4 heteroatoms. The number of nitrogens with two attached hydrogens (primary N) is 1. The fraction of sp³-hybridized carbons (Fsp3) is 0.917. The molecule has 1 aliphatic rings. The summed E-state index contributed by atoms with van der Waals surface area (Å²) in [7, 11) is 1.89. The Morgan fingerprint density at radius 2 is 2.12 bits per heavy atom. The molecule has 0 radical (unpaired) electrons. The number of likely N-dealkylation sites (N-methyl/N-ethyl adjacent to an activating group) is 2. The van der Waals surface area contributed by atoms with Gasteiger partial charge in [0.15, 0.2) is 0 Å². The molecule has 1 saturated heterocycles. The highest BCUT2D eigenvalue weighted by molar-refractivity contribution is 5.82. The lowest BCUT2D eigenvalue weighted by molar-refractivity contribution is -0.135. The van der Waals surface area contributed by atoms with Gasteiger partial charge in [-0.2, -0.15) is 0 Å². The highest BCUT2D eigenvalue weighted by Gasteiger charge is 2.39. The minimum absolute atomic E-state index is 0.0440. The summed E-state index contributed by atoms with van der Waals surface area (Å²) in [5.74, 6) is 0.220. The zero-order valence-electron chi connectivity index (χ0n) is 11.0. The fourth-order valence-electron chi connectivity index (χ4n) is 2.59. The molecule has 94 valence electrons. The number of nitrogens with zero attached hydrogens (tertiary/aromatic N) is 2. The van der Waals surface area contributed by atoms with Gasteiger partial charge in [-0.05, 0) is 39.8 Å². The van der Waals surface area contributed by atoms with Crippen molar-refractivity contribution in [1.82, 2.24) is 9.80 Å². The van der Waals surface area contributed by atoms with E-state index >= 15 is 0 Å². The van der Waals surface area contributed by atoms with Gasteiger partial charge in [-0.3, -0.25) is 9.69 Å². The second-order valence-electron chi connectivity index (χ2n) is 5.20. The third kappa shape index (κ3) is 2.55. The maximum Gasteiger partial charge on any atom is 0.239 e. The molecular weight excluding hydrogens is 202 g/mol. The zero-order valence-corrected chi connectivity index (χ0v) is 11.0. The molecule has 16 heavy (non-hydrogen) atoms. The van der Waals surface area contributed by atoms with E-state index < -0.39 is 0 Å². The van der Waals surface area contributed by atoms with Crippen LogP contribution >= 0.6 is 0 Å². The van der Waals surface area contributed by atoms with E-state index in [0.29, 0.717) is 6.54 Å². The van der Waals surface area contributed by atoms with Gasteiger partial charge in [0.05, 0.1) is 6.04 Å². The minimum Gasteiger partial charge on any atom is -0.344 e. The average molecular weight is 227 g/mol. The molecule has 0 saturated carbocycles. The molecule has 1 heterocycles. The summed E-state index contributed by atoms with van der Waals surface area (Å²) in [6.45, 7) is 8.85. The monoisotopic (exact) mass is 227 g/mol. The number of amides is 1. The molecule has 1 amide bonds. The summed E-state index contributed by atoms with van der Waals surface area (Å²) in [4.78, 5) is 16.4. The maximum absolute atomic E-state index is 12.2. The summed E-state index contributed by atoms with van der Waals surface area (Å²) in [5, 5.41) is 0. The van der Waals surface area contributed by atoms with E-state index in [2.05, 4.69) is 25.7 Å². The lowest BCUT2D eigenvalue weighted by atomic mass is 9.96. The molecule has 0 aromatic carbocycles. The Hall–Kier alpha value is -0.610. The van der Waals surface area contributed by atoms with Crippen molar-refractivity contribution in [1.29, 1.82) is 0 Å². The normalized spacial score (nSPS) is 26.9. The Balaban J connectivity index is 2.98. The van der Waals surface area contributed by atoms with Crippen molar-refractivity contribution in [2.24, 2.45) is 5.73 Å². The number of rotatable bonds is 3. The molecule has 1 atom stereocenters. The van der Waals surface area contributed by atoms with Crippen molar-refractivity contribution in [2.75, 3.05) is 26.7 Å². The standard InChI is InChI=1S/C12H25N3O/c1-5-15-10(6-8-13)11(16)14(4)9-7-12(15,2)3/h10H,5-9,13H2,1-4H3. The first-order chi connectivity index (χ1) is 7.44. The van der Waals surface area contributed by atoms with E-state index in [1.807, 2.05) is 11.9 Å². The second kappa shape index (κ2) is 5.15. The average Bonchev–Trinajstić information content (AvgIpc) is 2.30. The Labute approximate surface area is 98.8 Å². The van der Waals surface area contributed by atoms with Crippen molar-refractivity contribution >= 4 is 5.91 Å². The van der Waals surface area contributed by atoms with Crippen molar-refractivity contribution in [2.45, 2.75) is 45.2 Å².